The van der Waals surface area contributed by atoms with Crippen LogP contribution < -0.4 is 15.1 Å². The number of nitrogens with zero attached hydrogens (tertiary/aromatic N) is 4. The molecule has 1 saturated heterocycles. The van der Waals surface area contributed by atoms with Crippen molar-refractivity contribution in [1.82, 2.24) is 9.97 Å². The topological polar surface area (TPSA) is 53.5 Å². The normalized spacial score (nSPS) is 15.0. The van der Waals surface area contributed by atoms with Crippen LogP contribution in [-0.4, -0.2) is 50.4 Å². The largest absolute Gasteiger partial charge is 0.433 e. The summed E-state index contributed by atoms with van der Waals surface area (Å²) in [7, 11) is 3.26. The minimum absolute atomic E-state index is 0.0948. The molecule has 0 amide bonds. The number of benzene rings is 1. The molecular formula is C17H20F3N5O. The van der Waals surface area contributed by atoms with Crippen molar-refractivity contribution in [3.8, 4) is 0 Å². The van der Waals surface area contributed by atoms with E-state index in [1.165, 1.54) is 4.90 Å². The van der Waals surface area contributed by atoms with Gasteiger partial charge in [-0.15, -0.1) is 0 Å². The molecule has 0 bridgehead atoms. The third kappa shape index (κ3) is 4.34. The van der Waals surface area contributed by atoms with Crippen LogP contribution in [0, 0.1) is 0 Å². The number of anilines is 4. The molecule has 0 unspecified atom stereocenters. The Morgan fingerprint density at radius 3 is 2.31 bits per heavy atom. The maximum Gasteiger partial charge on any atom is 0.433 e. The van der Waals surface area contributed by atoms with Crippen molar-refractivity contribution in [2.24, 2.45) is 0 Å². The summed E-state index contributed by atoms with van der Waals surface area (Å²) < 4.78 is 44.5. The molecule has 0 aliphatic carbocycles. The van der Waals surface area contributed by atoms with Gasteiger partial charge in [-0.05, 0) is 24.3 Å². The first-order chi connectivity index (χ1) is 12.3. The van der Waals surface area contributed by atoms with E-state index in [0.29, 0.717) is 18.9 Å². The number of alkyl halides is 3. The summed E-state index contributed by atoms with van der Waals surface area (Å²) in [6.45, 7) is 3.00. The Hall–Kier alpha value is -2.55. The molecule has 1 fully saturated rings. The van der Waals surface area contributed by atoms with Crippen LogP contribution >= 0.6 is 0 Å². The van der Waals surface area contributed by atoms with Crippen molar-refractivity contribution in [3.05, 3.63) is 36.0 Å². The van der Waals surface area contributed by atoms with Crippen LogP contribution in [-0.2, 0) is 10.9 Å². The van der Waals surface area contributed by atoms with Gasteiger partial charge in [-0.1, -0.05) is 0 Å². The second-order valence-electron chi connectivity index (χ2n) is 6.10. The molecule has 2 aromatic rings. The average molecular weight is 367 g/mol. The maximum atomic E-state index is 13.1. The standard InChI is InChI=1S/C17H20F3N5O/c1-24(2)15-11-14(17(18,19)20)22-16(23-15)21-12-3-5-13(6-4-12)25-7-9-26-10-8-25/h3-6,11H,7-10H2,1-2H3,(H,21,22,23). The van der Waals surface area contributed by atoms with E-state index in [4.69, 9.17) is 4.74 Å². The summed E-state index contributed by atoms with van der Waals surface area (Å²) in [5.41, 5.74) is 0.674. The van der Waals surface area contributed by atoms with E-state index in [0.717, 1.165) is 24.8 Å². The number of rotatable bonds is 4. The first kappa shape index (κ1) is 18.2. The Balaban J connectivity index is 1.80. The Bertz CT molecular complexity index is 743. The summed E-state index contributed by atoms with van der Waals surface area (Å²) in [4.78, 5) is 11.4. The first-order valence-electron chi connectivity index (χ1n) is 8.16. The van der Waals surface area contributed by atoms with Crippen LogP contribution in [0.1, 0.15) is 5.69 Å². The lowest BCUT2D eigenvalue weighted by molar-refractivity contribution is -0.141. The zero-order valence-electron chi connectivity index (χ0n) is 14.5. The summed E-state index contributed by atoms with van der Waals surface area (Å²) in [6, 6.07) is 8.34. The van der Waals surface area contributed by atoms with Crippen molar-refractivity contribution in [2.75, 3.05) is 55.5 Å². The van der Waals surface area contributed by atoms with E-state index in [2.05, 4.69) is 20.2 Å². The Morgan fingerprint density at radius 2 is 1.73 bits per heavy atom. The molecule has 0 spiro atoms. The van der Waals surface area contributed by atoms with Gasteiger partial charge in [-0.2, -0.15) is 18.2 Å². The summed E-state index contributed by atoms with van der Waals surface area (Å²) in [5, 5.41) is 2.85. The van der Waals surface area contributed by atoms with Crippen molar-refractivity contribution in [2.45, 2.75) is 6.18 Å². The molecule has 3 rings (SSSR count). The number of halogens is 3. The predicted octanol–water partition coefficient (Wildman–Crippen LogP) is 3.14. The highest BCUT2D eigenvalue weighted by Gasteiger charge is 2.34. The third-order valence-corrected chi connectivity index (χ3v) is 3.96. The van der Waals surface area contributed by atoms with Gasteiger partial charge in [-0.25, -0.2) is 4.98 Å². The molecule has 0 radical (unpaired) electrons. The molecule has 9 heteroatoms. The number of morpholine rings is 1. The number of hydrogen-bond donors (Lipinski definition) is 1. The van der Waals surface area contributed by atoms with Crippen molar-refractivity contribution in [3.63, 3.8) is 0 Å². The monoisotopic (exact) mass is 367 g/mol. The number of hydrogen-bond acceptors (Lipinski definition) is 6. The fraction of sp³-hybridized carbons (Fsp3) is 0.412. The van der Waals surface area contributed by atoms with Gasteiger partial charge in [0, 0.05) is 44.6 Å². The van der Waals surface area contributed by atoms with Crippen LogP contribution in [0.5, 0.6) is 0 Å². The van der Waals surface area contributed by atoms with Gasteiger partial charge < -0.3 is 19.9 Å². The summed E-state index contributed by atoms with van der Waals surface area (Å²) in [6.07, 6.45) is -4.54. The molecule has 2 heterocycles. The highest BCUT2D eigenvalue weighted by molar-refractivity contribution is 5.60. The van der Waals surface area contributed by atoms with Crippen molar-refractivity contribution >= 4 is 23.1 Å². The van der Waals surface area contributed by atoms with Gasteiger partial charge in [0.1, 0.15) is 5.82 Å². The van der Waals surface area contributed by atoms with Crippen LogP contribution in [0.15, 0.2) is 30.3 Å². The molecule has 6 nitrogen and oxygen atoms in total. The van der Waals surface area contributed by atoms with Gasteiger partial charge in [0.15, 0.2) is 5.69 Å². The van der Waals surface area contributed by atoms with E-state index in [9.17, 15) is 13.2 Å². The quantitative estimate of drug-likeness (QED) is 0.896. The van der Waals surface area contributed by atoms with E-state index in [1.54, 1.807) is 26.2 Å². The number of aromatic nitrogens is 2. The molecule has 1 aliphatic heterocycles. The second-order valence-corrected chi connectivity index (χ2v) is 6.10. The lowest BCUT2D eigenvalue weighted by atomic mass is 10.2. The molecule has 0 atom stereocenters. The van der Waals surface area contributed by atoms with Crippen LogP contribution in [0.4, 0.5) is 36.3 Å². The van der Waals surface area contributed by atoms with Crippen molar-refractivity contribution < 1.29 is 17.9 Å². The van der Waals surface area contributed by atoms with Crippen LogP contribution in [0.3, 0.4) is 0 Å². The lowest BCUT2D eigenvalue weighted by Crippen LogP contribution is -2.36. The van der Waals surface area contributed by atoms with E-state index < -0.39 is 11.9 Å². The van der Waals surface area contributed by atoms with Gasteiger partial charge in [0.05, 0.1) is 13.2 Å². The Morgan fingerprint density at radius 1 is 1.08 bits per heavy atom. The van der Waals surface area contributed by atoms with Crippen molar-refractivity contribution in [1.29, 1.82) is 0 Å². The van der Waals surface area contributed by atoms with Gasteiger partial charge in [0.2, 0.25) is 5.95 Å². The molecule has 140 valence electrons. The molecular weight excluding hydrogens is 347 g/mol. The Labute approximate surface area is 149 Å². The van der Waals surface area contributed by atoms with E-state index >= 15 is 0 Å². The molecule has 1 aromatic carbocycles. The fourth-order valence-electron chi connectivity index (χ4n) is 2.57. The number of ether oxygens (including phenoxy) is 1. The SMILES string of the molecule is CN(C)c1cc(C(F)(F)F)nc(Nc2ccc(N3CCOCC3)cc2)n1. The lowest BCUT2D eigenvalue weighted by Gasteiger charge is -2.28. The average Bonchev–Trinajstić information content (AvgIpc) is 2.62. The minimum atomic E-state index is -4.54. The van der Waals surface area contributed by atoms with Gasteiger partial charge in [-0.3, -0.25) is 0 Å². The summed E-state index contributed by atoms with van der Waals surface area (Å²) >= 11 is 0. The van der Waals surface area contributed by atoms with Gasteiger partial charge >= 0.3 is 6.18 Å². The number of nitrogens with one attached hydrogen (secondary N) is 1. The molecule has 1 N–H and O–H groups in total. The summed E-state index contributed by atoms with van der Waals surface area (Å²) in [5.74, 6) is 0.0856. The zero-order chi connectivity index (χ0) is 18.7. The highest BCUT2D eigenvalue weighted by Crippen LogP contribution is 2.31. The molecule has 0 saturated carbocycles. The van der Waals surface area contributed by atoms with E-state index in [-0.39, 0.29) is 11.8 Å². The zero-order valence-corrected chi connectivity index (χ0v) is 14.5. The minimum Gasteiger partial charge on any atom is -0.378 e. The highest BCUT2D eigenvalue weighted by atomic mass is 19.4. The molecule has 1 aromatic heterocycles. The van der Waals surface area contributed by atoms with Crippen LogP contribution in [0.25, 0.3) is 0 Å². The smallest absolute Gasteiger partial charge is 0.378 e. The Kier molecular flexibility index (Phi) is 5.17. The van der Waals surface area contributed by atoms with Crippen LogP contribution in [0.2, 0.25) is 0 Å². The van der Waals surface area contributed by atoms with Gasteiger partial charge in [0.25, 0.3) is 0 Å². The first-order valence-corrected chi connectivity index (χ1v) is 8.16. The molecule has 26 heavy (non-hydrogen) atoms. The maximum absolute atomic E-state index is 13.1. The fourth-order valence-corrected chi connectivity index (χ4v) is 2.57. The third-order valence-electron chi connectivity index (χ3n) is 3.96. The molecule has 1 aliphatic rings. The second kappa shape index (κ2) is 7.36. The predicted molar refractivity (Wildman–Crippen MR) is 94.1 cm³/mol. The van der Waals surface area contributed by atoms with E-state index in [1.807, 2.05) is 12.1 Å².